The SMILES string of the molecule is COc1cc2c(O)cc(N)cc2cc1F. The van der Waals surface area contributed by atoms with Crippen LogP contribution < -0.4 is 10.5 Å². The van der Waals surface area contributed by atoms with E-state index in [1.807, 2.05) is 0 Å². The van der Waals surface area contributed by atoms with E-state index in [2.05, 4.69) is 0 Å². The molecule has 0 fully saturated rings. The van der Waals surface area contributed by atoms with E-state index in [0.29, 0.717) is 16.5 Å². The van der Waals surface area contributed by atoms with E-state index >= 15 is 0 Å². The van der Waals surface area contributed by atoms with Gasteiger partial charge >= 0.3 is 0 Å². The number of halogens is 1. The number of aromatic hydroxyl groups is 1. The van der Waals surface area contributed by atoms with Crippen molar-refractivity contribution in [2.75, 3.05) is 12.8 Å². The van der Waals surface area contributed by atoms with Crippen molar-refractivity contribution in [2.45, 2.75) is 0 Å². The van der Waals surface area contributed by atoms with Crippen LogP contribution in [0.5, 0.6) is 11.5 Å². The number of anilines is 1. The largest absolute Gasteiger partial charge is 0.507 e. The summed E-state index contributed by atoms with van der Waals surface area (Å²) < 4.78 is 18.2. The lowest BCUT2D eigenvalue weighted by atomic mass is 10.1. The maximum atomic E-state index is 13.3. The minimum Gasteiger partial charge on any atom is -0.507 e. The monoisotopic (exact) mass is 207 g/mol. The van der Waals surface area contributed by atoms with E-state index in [0.717, 1.165) is 0 Å². The number of nitrogens with two attached hydrogens (primary N) is 1. The van der Waals surface area contributed by atoms with E-state index in [9.17, 15) is 9.50 Å². The number of rotatable bonds is 1. The second-order valence-electron chi connectivity index (χ2n) is 3.25. The molecule has 2 rings (SSSR count). The Kier molecular flexibility index (Phi) is 2.11. The van der Waals surface area contributed by atoms with Gasteiger partial charge in [-0.3, -0.25) is 0 Å². The van der Waals surface area contributed by atoms with E-state index in [1.165, 1.54) is 25.3 Å². The molecule has 2 aromatic carbocycles. The third-order valence-electron chi connectivity index (χ3n) is 2.23. The average Bonchev–Trinajstić information content (AvgIpc) is 2.16. The molecule has 0 radical (unpaired) electrons. The molecule has 3 N–H and O–H groups in total. The van der Waals surface area contributed by atoms with Crippen LogP contribution in [-0.2, 0) is 0 Å². The molecule has 0 aliphatic rings. The van der Waals surface area contributed by atoms with Crippen LogP contribution >= 0.6 is 0 Å². The highest BCUT2D eigenvalue weighted by molar-refractivity contribution is 5.92. The summed E-state index contributed by atoms with van der Waals surface area (Å²) >= 11 is 0. The van der Waals surface area contributed by atoms with Crippen LogP contribution in [0.4, 0.5) is 10.1 Å². The van der Waals surface area contributed by atoms with Crippen LogP contribution in [0.2, 0.25) is 0 Å². The van der Waals surface area contributed by atoms with E-state index in [1.54, 1.807) is 6.07 Å². The molecule has 15 heavy (non-hydrogen) atoms. The molecule has 0 saturated heterocycles. The van der Waals surface area contributed by atoms with Gasteiger partial charge in [0.2, 0.25) is 0 Å². The number of fused-ring (bicyclic) bond motifs is 1. The highest BCUT2D eigenvalue weighted by Gasteiger charge is 2.08. The fourth-order valence-electron chi connectivity index (χ4n) is 1.52. The molecule has 0 amide bonds. The Morgan fingerprint density at radius 3 is 2.67 bits per heavy atom. The molecule has 0 saturated carbocycles. The number of nitrogen functional groups attached to an aromatic ring is 1. The number of phenols is 1. The van der Waals surface area contributed by atoms with Gasteiger partial charge in [-0.15, -0.1) is 0 Å². The number of phenolic OH excluding ortho intramolecular Hbond substituents is 1. The van der Waals surface area contributed by atoms with Gasteiger partial charge in [-0.05, 0) is 23.6 Å². The van der Waals surface area contributed by atoms with Gasteiger partial charge in [0.25, 0.3) is 0 Å². The molecule has 2 aromatic rings. The normalized spacial score (nSPS) is 10.5. The van der Waals surface area contributed by atoms with Crippen molar-refractivity contribution in [1.82, 2.24) is 0 Å². The van der Waals surface area contributed by atoms with Crippen molar-refractivity contribution < 1.29 is 14.2 Å². The van der Waals surface area contributed by atoms with Gasteiger partial charge in [0.05, 0.1) is 7.11 Å². The Labute approximate surface area is 85.9 Å². The Morgan fingerprint density at radius 1 is 1.27 bits per heavy atom. The van der Waals surface area contributed by atoms with Crippen molar-refractivity contribution in [3.05, 3.63) is 30.1 Å². The third kappa shape index (κ3) is 1.54. The molecule has 4 heteroatoms. The van der Waals surface area contributed by atoms with Crippen molar-refractivity contribution >= 4 is 16.5 Å². The first-order valence-corrected chi connectivity index (χ1v) is 4.37. The molecular weight excluding hydrogens is 197 g/mol. The van der Waals surface area contributed by atoms with Gasteiger partial charge in [-0.2, -0.15) is 0 Å². The molecule has 3 nitrogen and oxygen atoms in total. The zero-order valence-electron chi connectivity index (χ0n) is 8.12. The molecule has 0 bridgehead atoms. The highest BCUT2D eigenvalue weighted by Crippen LogP contribution is 2.32. The molecule has 0 aliphatic carbocycles. The van der Waals surface area contributed by atoms with Gasteiger partial charge < -0.3 is 15.6 Å². The first kappa shape index (κ1) is 9.58. The van der Waals surface area contributed by atoms with Crippen LogP contribution in [0.15, 0.2) is 24.3 Å². The number of ether oxygens (including phenoxy) is 1. The van der Waals surface area contributed by atoms with Crippen molar-refractivity contribution in [3.63, 3.8) is 0 Å². The molecule has 0 unspecified atom stereocenters. The topological polar surface area (TPSA) is 55.5 Å². The second kappa shape index (κ2) is 3.31. The number of methoxy groups -OCH3 is 1. The van der Waals surface area contributed by atoms with Gasteiger partial charge in [-0.25, -0.2) is 4.39 Å². The Bertz CT molecular complexity index is 525. The summed E-state index contributed by atoms with van der Waals surface area (Å²) in [4.78, 5) is 0. The van der Waals surface area contributed by atoms with Gasteiger partial charge in [0.1, 0.15) is 5.75 Å². The maximum Gasteiger partial charge on any atom is 0.165 e. The predicted molar refractivity (Wildman–Crippen MR) is 56.5 cm³/mol. The summed E-state index contributed by atoms with van der Waals surface area (Å²) in [5.74, 6) is -0.360. The molecule has 0 aromatic heterocycles. The van der Waals surface area contributed by atoms with Crippen LogP contribution in [-0.4, -0.2) is 12.2 Å². The lowest BCUT2D eigenvalue weighted by molar-refractivity contribution is 0.387. The number of hydrogen-bond acceptors (Lipinski definition) is 3. The van der Waals surface area contributed by atoms with Gasteiger partial charge in [-0.1, -0.05) is 0 Å². The Balaban J connectivity index is 2.81. The fraction of sp³-hybridized carbons (Fsp3) is 0.0909. The van der Waals surface area contributed by atoms with Crippen LogP contribution in [0, 0.1) is 5.82 Å². The lowest BCUT2D eigenvalue weighted by Gasteiger charge is -2.06. The molecule has 0 heterocycles. The molecule has 0 spiro atoms. The highest BCUT2D eigenvalue weighted by atomic mass is 19.1. The van der Waals surface area contributed by atoms with Crippen LogP contribution in [0.25, 0.3) is 10.8 Å². The average molecular weight is 207 g/mol. The fourth-order valence-corrected chi connectivity index (χ4v) is 1.52. The van der Waals surface area contributed by atoms with E-state index in [-0.39, 0.29) is 11.5 Å². The number of benzene rings is 2. The third-order valence-corrected chi connectivity index (χ3v) is 2.23. The summed E-state index contributed by atoms with van der Waals surface area (Å²) in [6.07, 6.45) is 0. The van der Waals surface area contributed by atoms with Crippen molar-refractivity contribution in [1.29, 1.82) is 0 Å². The minimum atomic E-state index is -0.477. The van der Waals surface area contributed by atoms with Crippen molar-refractivity contribution in [3.8, 4) is 11.5 Å². The van der Waals surface area contributed by atoms with Crippen LogP contribution in [0.3, 0.4) is 0 Å². The van der Waals surface area contributed by atoms with E-state index < -0.39 is 5.82 Å². The summed E-state index contributed by atoms with van der Waals surface area (Å²) in [6.45, 7) is 0. The summed E-state index contributed by atoms with van der Waals surface area (Å²) in [6, 6.07) is 5.74. The Morgan fingerprint density at radius 2 is 2.00 bits per heavy atom. The summed E-state index contributed by atoms with van der Waals surface area (Å²) in [5, 5.41) is 10.7. The second-order valence-corrected chi connectivity index (χ2v) is 3.25. The predicted octanol–water partition coefficient (Wildman–Crippen LogP) is 2.28. The van der Waals surface area contributed by atoms with Gasteiger partial charge in [0, 0.05) is 17.1 Å². The summed E-state index contributed by atoms with van der Waals surface area (Å²) in [5.41, 5.74) is 5.92. The van der Waals surface area contributed by atoms with Crippen LogP contribution in [0.1, 0.15) is 0 Å². The van der Waals surface area contributed by atoms with Crippen molar-refractivity contribution in [2.24, 2.45) is 0 Å². The smallest absolute Gasteiger partial charge is 0.165 e. The molecule has 0 atom stereocenters. The zero-order valence-corrected chi connectivity index (χ0v) is 8.12. The number of hydrogen-bond donors (Lipinski definition) is 2. The standard InChI is InChI=1S/C11H10FNO2/c1-15-11-5-8-6(3-9(11)12)2-7(13)4-10(8)14/h2-5,14H,13H2,1H3. The first-order valence-electron chi connectivity index (χ1n) is 4.37. The van der Waals surface area contributed by atoms with Gasteiger partial charge in [0.15, 0.2) is 11.6 Å². The molecule has 0 aliphatic heterocycles. The quantitative estimate of drug-likeness (QED) is 0.705. The molecule has 78 valence electrons. The zero-order chi connectivity index (χ0) is 11.0. The minimum absolute atomic E-state index is 0.0169. The lowest BCUT2D eigenvalue weighted by Crippen LogP contribution is -1.90. The maximum absolute atomic E-state index is 13.3. The summed E-state index contributed by atoms with van der Waals surface area (Å²) in [7, 11) is 1.37. The Hall–Kier alpha value is -1.97. The first-order chi connectivity index (χ1) is 7.11. The molecular formula is C11H10FNO2. The van der Waals surface area contributed by atoms with E-state index in [4.69, 9.17) is 10.5 Å².